The van der Waals surface area contributed by atoms with E-state index in [1.807, 2.05) is 11.7 Å². The summed E-state index contributed by atoms with van der Waals surface area (Å²) >= 11 is 0. The Balaban J connectivity index is 1.89. The number of aromatic nitrogens is 4. The van der Waals surface area contributed by atoms with Gasteiger partial charge < -0.3 is 14.9 Å². The smallest absolute Gasteiger partial charge is 0.266 e. The van der Waals surface area contributed by atoms with Crippen molar-refractivity contribution in [2.24, 2.45) is 18.9 Å². The fourth-order valence-electron chi connectivity index (χ4n) is 4.83. The molecule has 2 aromatic rings. The van der Waals surface area contributed by atoms with Gasteiger partial charge in [-0.1, -0.05) is 13.8 Å². The van der Waals surface area contributed by atoms with Crippen LogP contribution in [-0.4, -0.2) is 31.3 Å². The van der Waals surface area contributed by atoms with E-state index in [1.54, 1.807) is 6.92 Å². The van der Waals surface area contributed by atoms with Crippen LogP contribution in [0.2, 0.25) is 0 Å². The highest BCUT2D eigenvalue weighted by Gasteiger charge is 2.50. The largest absolute Gasteiger partial charge is 0.512 e. The summed E-state index contributed by atoms with van der Waals surface area (Å²) in [4.78, 5) is 0. The molecule has 0 amide bonds. The Morgan fingerprint density at radius 3 is 2.80 bits per heavy atom. The molecule has 2 aliphatic carbocycles. The standard InChI is InChI=1S/C18H23N5O2/c1-9-13-6-5-12-14(17-21-20-10(2)25-17)23(4)22-16(12)18(13,3)7-11(8-19)15(9)24/h8-9,13,19,24H,5-7H2,1-4H3/t9-,13-,18-/m0/s1. The average molecular weight is 341 g/mol. The molecule has 0 spiro atoms. The minimum absolute atomic E-state index is 0.0274. The van der Waals surface area contributed by atoms with Crippen LogP contribution in [0.25, 0.3) is 11.6 Å². The number of aryl methyl sites for hydroxylation is 2. The number of allylic oxidation sites excluding steroid dienone is 2. The van der Waals surface area contributed by atoms with Gasteiger partial charge in [-0.3, -0.25) is 4.68 Å². The fraction of sp³-hybridized carbons (Fsp3) is 0.556. The van der Waals surface area contributed by atoms with Crippen LogP contribution < -0.4 is 0 Å². The van der Waals surface area contributed by atoms with E-state index in [-0.39, 0.29) is 11.3 Å². The average Bonchev–Trinajstić information content (AvgIpc) is 3.14. The van der Waals surface area contributed by atoms with E-state index >= 15 is 0 Å². The zero-order valence-corrected chi connectivity index (χ0v) is 15.0. The Labute approximate surface area is 146 Å². The highest BCUT2D eigenvalue weighted by atomic mass is 16.4. The van der Waals surface area contributed by atoms with Gasteiger partial charge in [0.05, 0.1) is 5.69 Å². The first kappa shape index (κ1) is 16.1. The predicted molar refractivity (Wildman–Crippen MR) is 92.6 cm³/mol. The van der Waals surface area contributed by atoms with Gasteiger partial charge in [0, 0.05) is 42.7 Å². The molecule has 7 nitrogen and oxygen atoms in total. The van der Waals surface area contributed by atoms with Crippen molar-refractivity contribution < 1.29 is 9.52 Å². The van der Waals surface area contributed by atoms with Gasteiger partial charge in [0.15, 0.2) is 0 Å². The second kappa shape index (κ2) is 5.28. The number of fused-ring (bicyclic) bond motifs is 3. The maximum absolute atomic E-state index is 10.4. The van der Waals surface area contributed by atoms with Gasteiger partial charge in [-0.05, 0) is 25.2 Å². The monoisotopic (exact) mass is 341 g/mol. The summed E-state index contributed by atoms with van der Waals surface area (Å²) in [5.41, 5.74) is 3.58. The minimum atomic E-state index is -0.211. The Kier molecular flexibility index (Phi) is 3.39. The van der Waals surface area contributed by atoms with Crippen LogP contribution in [-0.2, 0) is 18.9 Å². The van der Waals surface area contributed by atoms with Crippen LogP contribution >= 0.6 is 0 Å². The Morgan fingerprint density at radius 2 is 2.16 bits per heavy atom. The molecule has 0 aliphatic heterocycles. The SMILES string of the molecule is Cc1nnc(-c2c3c(nn2C)[C@@]2(C)CC(C=N)=C(O)[C@@H](C)[C@@H]2CC3)o1. The number of hydrogen-bond acceptors (Lipinski definition) is 6. The lowest BCUT2D eigenvalue weighted by Gasteiger charge is -2.47. The lowest BCUT2D eigenvalue weighted by atomic mass is 9.57. The molecule has 0 saturated heterocycles. The first-order chi connectivity index (χ1) is 11.9. The number of rotatable bonds is 2. The number of hydrogen-bond donors (Lipinski definition) is 2. The molecular formula is C18H23N5O2. The molecule has 0 fully saturated rings. The Bertz CT molecular complexity index is 893. The lowest BCUT2D eigenvalue weighted by molar-refractivity contribution is 0.137. The molecule has 0 aromatic carbocycles. The summed E-state index contributed by atoms with van der Waals surface area (Å²) in [5.74, 6) is 1.74. The van der Waals surface area contributed by atoms with E-state index < -0.39 is 0 Å². The van der Waals surface area contributed by atoms with Gasteiger partial charge in [-0.2, -0.15) is 5.10 Å². The van der Waals surface area contributed by atoms with Crippen LogP contribution in [0.3, 0.4) is 0 Å². The zero-order chi connectivity index (χ0) is 17.9. The van der Waals surface area contributed by atoms with Crippen molar-refractivity contribution in [2.45, 2.75) is 45.4 Å². The summed E-state index contributed by atoms with van der Waals surface area (Å²) < 4.78 is 7.49. The van der Waals surface area contributed by atoms with Gasteiger partial charge in [-0.15, -0.1) is 10.2 Å². The van der Waals surface area contributed by atoms with Gasteiger partial charge in [0.25, 0.3) is 5.89 Å². The maximum atomic E-state index is 10.4. The number of aliphatic hydroxyl groups is 1. The van der Waals surface area contributed by atoms with E-state index in [0.717, 1.165) is 29.8 Å². The Morgan fingerprint density at radius 1 is 1.40 bits per heavy atom. The second-order valence-corrected chi connectivity index (χ2v) is 7.51. The van der Waals surface area contributed by atoms with Crippen molar-refractivity contribution in [2.75, 3.05) is 0 Å². The van der Waals surface area contributed by atoms with Crippen molar-refractivity contribution in [3.8, 4) is 11.6 Å². The van der Waals surface area contributed by atoms with E-state index in [1.165, 1.54) is 6.21 Å². The molecule has 0 saturated carbocycles. The van der Waals surface area contributed by atoms with Crippen molar-refractivity contribution in [3.05, 3.63) is 28.5 Å². The van der Waals surface area contributed by atoms with E-state index in [4.69, 9.17) is 14.9 Å². The van der Waals surface area contributed by atoms with Crippen molar-refractivity contribution in [1.29, 1.82) is 5.41 Å². The Hall–Kier alpha value is -2.44. The molecule has 25 heavy (non-hydrogen) atoms. The molecule has 2 heterocycles. The lowest BCUT2D eigenvalue weighted by Crippen LogP contribution is -2.44. The normalized spacial score (nSPS) is 28.6. The molecule has 132 valence electrons. The molecule has 0 bridgehead atoms. The van der Waals surface area contributed by atoms with Gasteiger partial charge in [-0.25, -0.2) is 0 Å². The number of aliphatic hydroxyl groups excluding tert-OH is 1. The van der Waals surface area contributed by atoms with E-state index in [2.05, 4.69) is 24.0 Å². The molecule has 4 rings (SSSR count). The number of nitrogens with one attached hydrogen (secondary N) is 1. The maximum Gasteiger partial charge on any atom is 0.266 e. The molecule has 0 radical (unpaired) electrons. The molecule has 0 unspecified atom stereocenters. The van der Waals surface area contributed by atoms with Crippen LogP contribution in [0.15, 0.2) is 15.7 Å². The highest BCUT2D eigenvalue weighted by molar-refractivity contribution is 5.77. The molecule has 2 aromatic heterocycles. The molecule has 7 heteroatoms. The van der Waals surface area contributed by atoms with Crippen LogP contribution in [0, 0.1) is 24.2 Å². The third-order valence-electron chi connectivity index (χ3n) is 6.03. The van der Waals surface area contributed by atoms with E-state index in [9.17, 15) is 5.11 Å². The van der Waals surface area contributed by atoms with Crippen LogP contribution in [0.5, 0.6) is 0 Å². The third-order valence-corrected chi connectivity index (χ3v) is 6.03. The molecule has 2 aliphatic rings. The van der Waals surface area contributed by atoms with Crippen LogP contribution in [0.4, 0.5) is 0 Å². The first-order valence-corrected chi connectivity index (χ1v) is 8.66. The van der Waals surface area contributed by atoms with Gasteiger partial charge >= 0.3 is 0 Å². The third kappa shape index (κ3) is 2.11. The van der Waals surface area contributed by atoms with Crippen molar-refractivity contribution >= 4 is 6.21 Å². The molecule has 2 N–H and O–H groups in total. The number of nitrogens with zero attached hydrogens (tertiary/aromatic N) is 4. The highest BCUT2D eigenvalue weighted by Crippen LogP contribution is 2.53. The van der Waals surface area contributed by atoms with E-state index in [0.29, 0.717) is 35.5 Å². The predicted octanol–water partition coefficient (Wildman–Crippen LogP) is 3.10. The minimum Gasteiger partial charge on any atom is -0.512 e. The summed E-state index contributed by atoms with van der Waals surface area (Å²) in [6.07, 6.45) is 3.75. The summed E-state index contributed by atoms with van der Waals surface area (Å²) in [6, 6.07) is 0. The summed E-state index contributed by atoms with van der Waals surface area (Å²) in [5, 5.41) is 31.1. The molecular weight excluding hydrogens is 318 g/mol. The van der Waals surface area contributed by atoms with Gasteiger partial charge in [0.1, 0.15) is 11.5 Å². The second-order valence-electron chi connectivity index (χ2n) is 7.51. The quantitative estimate of drug-likeness (QED) is 0.817. The van der Waals surface area contributed by atoms with Crippen molar-refractivity contribution in [1.82, 2.24) is 20.0 Å². The summed E-state index contributed by atoms with van der Waals surface area (Å²) in [6.45, 7) is 6.04. The molecule has 3 atom stereocenters. The topological polar surface area (TPSA) is 101 Å². The summed E-state index contributed by atoms with van der Waals surface area (Å²) in [7, 11) is 1.91. The van der Waals surface area contributed by atoms with Crippen molar-refractivity contribution in [3.63, 3.8) is 0 Å². The zero-order valence-electron chi connectivity index (χ0n) is 15.0. The first-order valence-electron chi connectivity index (χ1n) is 8.66. The van der Waals surface area contributed by atoms with Crippen LogP contribution in [0.1, 0.15) is 43.8 Å². The fourth-order valence-corrected chi connectivity index (χ4v) is 4.83. The van der Waals surface area contributed by atoms with Gasteiger partial charge in [0.2, 0.25) is 5.89 Å².